The van der Waals surface area contributed by atoms with Gasteiger partial charge in [0.1, 0.15) is 11.6 Å². The third kappa shape index (κ3) is 5.11. The zero-order valence-corrected chi connectivity index (χ0v) is 12.2. The van der Waals surface area contributed by atoms with Gasteiger partial charge in [-0.15, -0.1) is 0 Å². The summed E-state index contributed by atoms with van der Waals surface area (Å²) in [6.07, 6.45) is 0. The van der Waals surface area contributed by atoms with Crippen LogP contribution in [0, 0.1) is 11.6 Å². The molecule has 116 valence electrons. The summed E-state index contributed by atoms with van der Waals surface area (Å²) >= 11 is 0. The summed E-state index contributed by atoms with van der Waals surface area (Å²) in [6.45, 7) is 5.32. The average molecular weight is 299 g/mol. The van der Waals surface area contributed by atoms with Crippen LogP contribution in [0.5, 0.6) is 0 Å². The van der Waals surface area contributed by atoms with Crippen molar-refractivity contribution >= 4 is 11.9 Å². The van der Waals surface area contributed by atoms with E-state index in [1.165, 1.54) is 6.07 Å². The summed E-state index contributed by atoms with van der Waals surface area (Å²) in [6, 6.07) is 1.43. The quantitative estimate of drug-likeness (QED) is 0.777. The fraction of sp³-hybridized carbons (Fsp3) is 0.429. The first kappa shape index (κ1) is 17.0. The van der Waals surface area contributed by atoms with E-state index in [1.54, 1.807) is 20.8 Å². The molecule has 0 bridgehead atoms. The molecule has 7 heteroatoms. The van der Waals surface area contributed by atoms with Crippen LogP contribution in [0.4, 0.5) is 13.6 Å². The molecule has 1 aromatic rings. The van der Waals surface area contributed by atoms with Crippen molar-refractivity contribution in [3.05, 3.63) is 35.4 Å². The van der Waals surface area contributed by atoms with Gasteiger partial charge in [0.15, 0.2) is 0 Å². The molecule has 0 saturated heterocycles. The Labute approximate surface area is 122 Å². The summed E-state index contributed by atoms with van der Waals surface area (Å²) in [5.74, 6) is -1.88. The van der Waals surface area contributed by atoms with Crippen LogP contribution in [0.3, 0.4) is 0 Å². The standard InChI is InChI=1S/C14H19F2N3O2/c1-4-17-14(21)19-13(20)9(3)18-8(2)11-6-5-10(15)7-12(11)16/h5-9,18H,4H2,1-3H3,(H2,17,19,20,21)/t8-,9+/m1/s1. The van der Waals surface area contributed by atoms with E-state index >= 15 is 0 Å². The van der Waals surface area contributed by atoms with Gasteiger partial charge in [-0.1, -0.05) is 6.07 Å². The van der Waals surface area contributed by atoms with E-state index in [4.69, 9.17) is 0 Å². The first-order chi connectivity index (χ1) is 9.85. The Kier molecular flexibility index (Phi) is 6.23. The van der Waals surface area contributed by atoms with Gasteiger partial charge in [-0.2, -0.15) is 0 Å². The van der Waals surface area contributed by atoms with Crippen LogP contribution in [0.25, 0.3) is 0 Å². The normalized spacial score (nSPS) is 13.4. The van der Waals surface area contributed by atoms with Crippen molar-refractivity contribution in [2.24, 2.45) is 0 Å². The lowest BCUT2D eigenvalue weighted by molar-refractivity contribution is -0.121. The van der Waals surface area contributed by atoms with Gasteiger partial charge in [-0.3, -0.25) is 15.4 Å². The van der Waals surface area contributed by atoms with Crippen LogP contribution in [-0.4, -0.2) is 24.5 Å². The molecule has 0 aromatic heterocycles. The van der Waals surface area contributed by atoms with E-state index in [0.717, 1.165) is 12.1 Å². The van der Waals surface area contributed by atoms with Crippen LogP contribution >= 0.6 is 0 Å². The zero-order valence-electron chi connectivity index (χ0n) is 12.2. The fourth-order valence-corrected chi connectivity index (χ4v) is 1.82. The Balaban J connectivity index is 2.62. The third-order valence-electron chi connectivity index (χ3n) is 2.90. The maximum Gasteiger partial charge on any atom is 0.321 e. The Morgan fingerprint density at radius 2 is 1.90 bits per heavy atom. The third-order valence-corrected chi connectivity index (χ3v) is 2.90. The summed E-state index contributed by atoms with van der Waals surface area (Å²) in [5.41, 5.74) is 0.244. The van der Waals surface area contributed by atoms with Crippen molar-refractivity contribution < 1.29 is 18.4 Å². The van der Waals surface area contributed by atoms with E-state index in [2.05, 4.69) is 16.0 Å². The van der Waals surface area contributed by atoms with Crippen LogP contribution in [-0.2, 0) is 4.79 Å². The number of urea groups is 1. The molecule has 0 aliphatic carbocycles. The van der Waals surface area contributed by atoms with Crippen LogP contribution < -0.4 is 16.0 Å². The molecule has 0 radical (unpaired) electrons. The van der Waals surface area contributed by atoms with E-state index in [1.807, 2.05) is 0 Å². The summed E-state index contributed by atoms with van der Waals surface area (Å²) in [7, 11) is 0. The molecular weight excluding hydrogens is 280 g/mol. The number of carbonyl (C=O) groups is 2. The first-order valence-corrected chi connectivity index (χ1v) is 6.64. The molecule has 3 N–H and O–H groups in total. The lowest BCUT2D eigenvalue weighted by Gasteiger charge is -2.20. The van der Waals surface area contributed by atoms with Gasteiger partial charge in [-0.25, -0.2) is 13.6 Å². The van der Waals surface area contributed by atoms with Crippen LogP contribution in [0.15, 0.2) is 18.2 Å². The van der Waals surface area contributed by atoms with Gasteiger partial charge in [-0.05, 0) is 26.8 Å². The minimum absolute atomic E-state index is 0.244. The Morgan fingerprint density at radius 1 is 1.24 bits per heavy atom. The minimum Gasteiger partial charge on any atom is -0.338 e. The molecule has 3 amide bonds. The lowest BCUT2D eigenvalue weighted by Crippen LogP contribution is -2.48. The molecule has 5 nitrogen and oxygen atoms in total. The molecule has 1 rings (SSSR count). The summed E-state index contributed by atoms with van der Waals surface area (Å²) in [4.78, 5) is 23.0. The van der Waals surface area contributed by atoms with Gasteiger partial charge >= 0.3 is 6.03 Å². The molecule has 1 aromatic carbocycles. The zero-order chi connectivity index (χ0) is 16.0. The highest BCUT2D eigenvalue weighted by molar-refractivity contribution is 5.96. The molecule has 0 spiro atoms. The Morgan fingerprint density at radius 3 is 2.48 bits per heavy atom. The summed E-state index contributed by atoms with van der Waals surface area (Å²) in [5, 5.41) is 7.44. The van der Waals surface area contributed by atoms with Gasteiger partial charge in [0.25, 0.3) is 0 Å². The Bertz CT molecular complexity index is 523. The van der Waals surface area contributed by atoms with Crippen molar-refractivity contribution in [2.45, 2.75) is 32.9 Å². The molecule has 0 aliphatic rings. The van der Waals surface area contributed by atoms with E-state index in [0.29, 0.717) is 6.54 Å². The maximum atomic E-state index is 13.6. The largest absolute Gasteiger partial charge is 0.338 e. The number of hydrogen-bond donors (Lipinski definition) is 3. The highest BCUT2D eigenvalue weighted by Crippen LogP contribution is 2.18. The second kappa shape index (κ2) is 7.68. The molecule has 0 saturated carbocycles. The van der Waals surface area contributed by atoms with E-state index in [-0.39, 0.29) is 5.56 Å². The number of halogens is 2. The monoisotopic (exact) mass is 299 g/mol. The van der Waals surface area contributed by atoms with Crippen molar-refractivity contribution in [2.75, 3.05) is 6.54 Å². The summed E-state index contributed by atoms with van der Waals surface area (Å²) < 4.78 is 26.5. The predicted molar refractivity (Wildman–Crippen MR) is 74.6 cm³/mol. The van der Waals surface area contributed by atoms with Crippen molar-refractivity contribution in [1.82, 2.24) is 16.0 Å². The predicted octanol–water partition coefficient (Wildman–Crippen LogP) is 1.85. The molecule has 2 atom stereocenters. The molecule has 0 heterocycles. The maximum absolute atomic E-state index is 13.6. The van der Waals surface area contributed by atoms with Gasteiger partial charge in [0, 0.05) is 24.2 Å². The smallest absolute Gasteiger partial charge is 0.321 e. The highest BCUT2D eigenvalue weighted by atomic mass is 19.1. The number of carbonyl (C=O) groups excluding carboxylic acids is 2. The lowest BCUT2D eigenvalue weighted by atomic mass is 10.1. The molecular formula is C14H19F2N3O2. The SMILES string of the molecule is CCNC(=O)NC(=O)[C@H](C)N[C@H](C)c1ccc(F)cc1F. The highest BCUT2D eigenvalue weighted by Gasteiger charge is 2.19. The van der Waals surface area contributed by atoms with Crippen molar-refractivity contribution in [3.63, 3.8) is 0 Å². The van der Waals surface area contributed by atoms with Gasteiger partial charge in [0.05, 0.1) is 6.04 Å². The number of nitrogens with one attached hydrogen (secondary N) is 3. The topological polar surface area (TPSA) is 70.2 Å². The minimum atomic E-state index is -0.716. The van der Waals surface area contributed by atoms with E-state index < -0.39 is 35.7 Å². The number of amides is 3. The fourth-order valence-electron chi connectivity index (χ4n) is 1.82. The van der Waals surface area contributed by atoms with Crippen LogP contribution in [0.2, 0.25) is 0 Å². The second-order valence-corrected chi connectivity index (χ2v) is 4.62. The van der Waals surface area contributed by atoms with Gasteiger partial charge < -0.3 is 5.32 Å². The second-order valence-electron chi connectivity index (χ2n) is 4.62. The molecule has 0 fully saturated rings. The van der Waals surface area contributed by atoms with Crippen LogP contribution in [0.1, 0.15) is 32.4 Å². The molecule has 0 aliphatic heterocycles. The number of rotatable bonds is 5. The van der Waals surface area contributed by atoms with E-state index in [9.17, 15) is 18.4 Å². The molecule has 21 heavy (non-hydrogen) atoms. The number of hydrogen-bond acceptors (Lipinski definition) is 3. The number of imide groups is 1. The first-order valence-electron chi connectivity index (χ1n) is 6.64. The van der Waals surface area contributed by atoms with Crippen molar-refractivity contribution in [1.29, 1.82) is 0 Å². The van der Waals surface area contributed by atoms with Gasteiger partial charge in [0.2, 0.25) is 5.91 Å². The molecule has 0 unspecified atom stereocenters. The Hall–Kier alpha value is -2.02. The average Bonchev–Trinajstić information content (AvgIpc) is 2.38. The number of benzene rings is 1. The van der Waals surface area contributed by atoms with Crippen molar-refractivity contribution in [3.8, 4) is 0 Å².